The number of carboxylic acids is 1. The number of ether oxygens (including phenoxy) is 1. The van der Waals surface area contributed by atoms with Gasteiger partial charge in [0, 0.05) is 0 Å². The zero-order valence-electron chi connectivity index (χ0n) is 10.2. The van der Waals surface area contributed by atoms with Gasteiger partial charge < -0.3 is 9.84 Å². The summed E-state index contributed by atoms with van der Waals surface area (Å²) < 4.78 is 4.94. The summed E-state index contributed by atoms with van der Waals surface area (Å²) in [4.78, 5) is 22.3. The van der Waals surface area contributed by atoms with Crippen LogP contribution in [0.1, 0.15) is 40.5 Å². The van der Waals surface area contributed by atoms with Gasteiger partial charge in [-0.05, 0) is 27.2 Å². The first-order valence-electron chi connectivity index (χ1n) is 5.14. The molecule has 0 aliphatic carbocycles. The average Bonchev–Trinajstić information content (AvgIpc) is 1.99. The molecule has 0 aromatic carbocycles. The van der Waals surface area contributed by atoms with Crippen LogP contribution < -0.4 is 11.1 Å². The molecule has 0 saturated carbocycles. The molecule has 4 N–H and O–H groups in total. The number of carbonyl (C=O) groups is 2. The lowest BCUT2D eigenvalue weighted by molar-refractivity contribution is -0.145. The Balaban J connectivity index is 4.53. The summed E-state index contributed by atoms with van der Waals surface area (Å²) in [6.45, 7) is 6.84. The van der Waals surface area contributed by atoms with Crippen molar-refractivity contribution in [2.75, 3.05) is 0 Å². The summed E-state index contributed by atoms with van der Waals surface area (Å²) in [7, 11) is 0. The van der Waals surface area contributed by atoms with E-state index in [0.717, 1.165) is 0 Å². The molecule has 0 spiro atoms. The largest absolute Gasteiger partial charge is 0.478 e. The SMILES string of the molecule is CCCC(N)(NC(=O)OC(C)(C)C)C(=O)O. The van der Waals surface area contributed by atoms with Gasteiger partial charge in [0.15, 0.2) is 5.66 Å². The van der Waals surface area contributed by atoms with Crippen LogP contribution in [0.2, 0.25) is 0 Å². The van der Waals surface area contributed by atoms with Gasteiger partial charge >= 0.3 is 12.1 Å². The van der Waals surface area contributed by atoms with Crippen LogP contribution in [-0.4, -0.2) is 28.4 Å². The predicted octanol–water partition coefficient (Wildman–Crippen LogP) is 1.05. The fourth-order valence-electron chi connectivity index (χ4n) is 1.10. The smallest absolute Gasteiger partial charge is 0.409 e. The molecule has 6 heteroatoms. The zero-order valence-corrected chi connectivity index (χ0v) is 10.2. The van der Waals surface area contributed by atoms with Crippen molar-refractivity contribution in [2.45, 2.75) is 51.8 Å². The van der Waals surface area contributed by atoms with Gasteiger partial charge in [0.2, 0.25) is 0 Å². The highest BCUT2D eigenvalue weighted by molar-refractivity contribution is 5.83. The summed E-state index contributed by atoms with van der Waals surface area (Å²) >= 11 is 0. The van der Waals surface area contributed by atoms with Crippen LogP contribution in [0.4, 0.5) is 4.79 Å². The van der Waals surface area contributed by atoms with Crippen molar-refractivity contribution < 1.29 is 19.4 Å². The molecule has 94 valence electrons. The predicted molar refractivity (Wildman–Crippen MR) is 58.8 cm³/mol. The number of aliphatic carboxylic acids is 1. The fourth-order valence-corrected chi connectivity index (χ4v) is 1.10. The number of hydrogen-bond donors (Lipinski definition) is 3. The summed E-state index contributed by atoms with van der Waals surface area (Å²) in [5.74, 6) is -1.28. The van der Waals surface area contributed by atoms with Crippen molar-refractivity contribution in [3.8, 4) is 0 Å². The van der Waals surface area contributed by atoms with Crippen LogP contribution in [0.3, 0.4) is 0 Å². The minimum absolute atomic E-state index is 0.140. The lowest BCUT2D eigenvalue weighted by atomic mass is 10.1. The van der Waals surface area contributed by atoms with Gasteiger partial charge in [-0.15, -0.1) is 0 Å². The second-order valence-electron chi connectivity index (χ2n) is 4.65. The first-order chi connectivity index (χ1) is 7.10. The van der Waals surface area contributed by atoms with E-state index < -0.39 is 23.3 Å². The van der Waals surface area contributed by atoms with Gasteiger partial charge in [0.05, 0.1) is 0 Å². The number of carboxylic acid groups (broad SMARTS) is 1. The fraction of sp³-hybridized carbons (Fsp3) is 0.800. The molecule has 0 heterocycles. The van der Waals surface area contributed by atoms with E-state index in [1.54, 1.807) is 27.7 Å². The van der Waals surface area contributed by atoms with Crippen molar-refractivity contribution >= 4 is 12.1 Å². The number of alkyl carbamates (subject to hydrolysis) is 1. The molecular weight excluding hydrogens is 212 g/mol. The van der Waals surface area contributed by atoms with E-state index in [1.165, 1.54) is 0 Å². The maximum atomic E-state index is 11.4. The Bertz CT molecular complexity index is 272. The molecule has 0 radical (unpaired) electrons. The minimum Gasteiger partial charge on any atom is -0.478 e. The third-order valence-electron chi connectivity index (χ3n) is 1.75. The lowest BCUT2D eigenvalue weighted by Crippen LogP contribution is -2.62. The maximum absolute atomic E-state index is 11.4. The van der Waals surface area contributed by atoms with E-state index in [1.807, 2.05) is 0 Å². The van der Waals surface area contributed by atoms with Crippen LogP contribution in [0.15, 0.2) is 0 Å². The number of nitrogens with one attached hydrogen (secondary N) is 1. The monoisotopic (exact) mass is 232 g/mol. The van der Waals surface area contributed by atoms with E-state index in [-0.39, 0.29) is 6.42 Å². The zero-order chi connectivity index (χ0) is 13.0. The molecule has 0 aliphatic rings. The normalized spacial score (nSPS) is 15.1. The van der Waals surface area contributed by atoms with Crippen LogP contribution >= 0.6 is 0 Å². The average molecular weight is 232 g/mol. The third-order valence-corrected chi connectivity index (χ3v) is 1.75. The van der Waals surface area contributed by atoms with Crippen molar-refractivity contribution in [1.29, 1.82) is 0 Å². The van der Waals surface area contributed by atoms with Crippen LogP contribution in [0.5, 0.6) is 0 Å². The number of nitrogens with two attached hydrogens (primary N) is 1. The van der Waals surface area contributed by atoms with Crippen molar-refractivity contribution in [2.24, 2.45) is 5.73 Å². The second kappa shape index (κ2) is 5.16. The highest BCUT2D eigenvalue weighted by Gasteiger charge is 2.36. The number of carbonyl (C=O) groups excluding carboxylic acids is 1. The van der Waals surface area contributed by atoms with Crippen LogP contribution in [0.25, 0.3) is 0 Å². The van der Waals surface area contributed by atoms with Crippen LogP contribution in [0, 0.1) is 0 Å². The van der Waals surface area contributed by atoms with Gasteiger partial charge in [-0.1, -0.05) is 13.3 Å². The van der Waals surface area contributed by atoms with E-state index in [0.29, 0.717) is 6.42 Å². The summed E-state index contributed by atoms with van der Waals surface area (Å²) in [6, 6.07) is 0. The molecule has 1 amide bonds. The summed E-state index contributed by atoms with van der Waals surface area (Å²) in [5.41, 5.74) is 3.11. The maximum Gasteiger partial charge on any atom is 0.409 e. The first-order valence-corrected chi connectivity index (χ1v) is 5.14. The van der Waals surface area contributed by atoms with E-state index >= 15 is 0 Å². The number of hydrogen-bond acceptors (Lipinski definition) is 4. The van der Waals surface area contributed by atoms with Gasteiger partial charge in [-0.3, -0.25) is 11.1 Å². The number of amides is 1. The summed E-state index contributed by atoms with van der Waals surface area (Å²) in [6.07, 6.45) is -0.147. The quantitative estimate of drug-likeness (QED) is 0.629. The Morgan fingerprint density at radius 3 is 2.19 bits per heavy atom. The molecular formula is C10H20N2O4. The van der Waals surface area contributed by atoms with Crippen molar-refractivity contribution in [1.82, 2.24) is 5.32 Å². The molecule has 0 aromatic rings. The van der Waals surface area contributed by atoms with Gasteiger partial charge in [-0.2, -0.15) is 0 Å². The summed E-state index contributed by atoms with van der Waals surface area (Å²) in [5, 5.41) is 11.1. The third kappa shape index (κ3) is 4.97. The Labute approximate surface area is 95.1 Å². The topological polar surface area (TPSA) is 102 Å². The second-order valence-corrected chi connectivity index (χ2v) is 4.65. The van der Waals surface area contributed by atoms with E-state index in [4.69, 9.17) is 15.6 Å². The number of rotatable bonds is 4. The molecule has 0 saturated heterocycles. The Morgan fingerprint density at radius 2 is 1.88 bits per heavy atom. The van der Waals surface area contributed by atoms with E-state index in [9.17, 15) is 9.59 Å². The van der Waals surface area contributed by atoms with Gasteiger partial charge in [-0.25, -0.2) is 9.59 Å². The molecule has 1 atom stereocenters. The molecule has 0 fully saturated rings. The highest BCUT2D eigenvalue weighted by atomic mass is 16.6. The Morgan fingerprint density at radius 1 is 1.38 bits per heavy atom. The van der Waals surface area contributed by atoms with E-state index in [2.05, 4.69) is 5.32 Å². The lowest BCUT2D eigenvalue weighted by Gasteiger charge is -2.27. The first kappa shape index (κ1) is 14.7. The molecule has 6 nitrogen and oxygen atoms in total. The van der Waals surface area contributed by atoms with Crippen LogP contribution in [-0.2, 0) is 9.53 Å². The molecule has 0 rings (SSSR count). The van der Waals surface area contributed by atoms with Gasteiger partial charge in [0.1, 0.15) is 5.60 Å². The molecule has 0 aliphatic heterocycles. The highest BCUT2D eigenvalue weighted by Crippen LogP contribution is 2.10. The Kier molecular flexibility index (Phi) is 4.74. The standard InChI is InChI=1S/C10H20N2O4/c1-5-6-10(11,7(13)14)12-8(15)16-9(2,3)4/h5-6,11H2,1-4H3,(H,12,15)(H,13,14). The molecule has 1 unspecified atom stereocenters. The molecule has 0 aromatic heterocycles. The van der Waals surface area contributed by atoms with Gasteiger partial charge in [0.25, 0.3) is 0 Å². The molecule has 16 heavy (non-hydrogen) atoms. The van der Waals surface area contributed by atoms with Crippen molar-refractivity contribution in [3.05, 3.63) is 0 Å². The Hall–Kier alpha value is -1.30. The minimum atomic E-state index is -1.77. The van der Waals surface area contributed by atoms with Crippen molar-refractivity contribution in [3.63, 3.8) is 0 Å². The molecule has 0 bridgehead atoms.